The van der Waals surface area contributed by atoms with Crippen molar-refractivity contribution in [2.24, 2.45) is 0 Å². The van der Waals surface area contributed by atoms with E-state index in [1.54, 1.807) is 18.2 Å². The molecule has 0 aliphatic carbocycles. The van der Waals surface area contributed by atoms with Crippen molar-refractivity contribution in [2.45, 2.75) is 33.3 Å². The molecule has 116 valence electrons. The summed E-state index contributed by atoms with van der Waals surface area (Å²) in [6.07, 6.45) is 0.690. The third-order valence-electron chi connectivity index (χ3n) is 2.60. The van der Waals surface area contributed by atoms with Crippen molar-refractivity contribution in [3.05, 3.63) is 28.2 Å². The maximum Gasteiger partial charge on any atom is 0.323 e. The molecule has 0 heterocycles. The number of benzene rings is 1. The number of carbonyl (C=O) groups excluding carboxylic acids is 1. The number of rotatable bonds is 7. The van der Waals surface area contributed by atoms with E-state index in [1.807, 2.05) is 20.8 Å². The minimum atomic E-state index is -1.02. The summed E-state index contributed by atoms with van der Waals surface area (Å²) in [5, 5.41) is 8.91. The molecule has 0 saturated carbocycles. The lowest BCUT2D eigenvalue weighted by molar-refractivity contribution is -0.137. The van der Waals surface area contributed by atoms with E-state index in [0.29, 0.717) is 24.3 Å². The molecule has 0 spiro atoms. The van der Waals surface area contributed by atoms with Crippen molar-refractivity contribution in [3.8, 4) is 5.75 Å². The highest BCUT2D eigenvalue weighted by molar-refractivity contribution is 9.10. The molecule has 6 heteroatoms. The van der Waals surface area contributed by atoms with Crippen LogP contribution in [0.1, 0.15) is 37.6 Å². The highest BCUT2D eigenvalue weighted by Crippen LogP contribution is 2.23. The van der Waals surface area contributed by atoms with Gasteiger partial charge in [-0.1, -0.05) is 22.9 Å². The number of hydrogen-bond donors (Lipinski definition) is 1. The van der Waals surface area contributed by atoms with Gasteiger partial charge in [0, 0.05) is 16.6 Å². The molecule has 21 heavy (non-hydrogen) atoms. The van der Waals surface area contributed by atoms with E-state index in [1.165, 1.54) is 4.90 Å². The normalized spacial score (nSPS) is 10.5. The number of carbonyl (C=O) groups is 2. The van der Waals surface area contributed by atoms with E-state index in [4.69, 9.17) is 9.84 Å². The summed E-state index contributed by atoms with van der Waals surface area (Å²) in [4.78, 5) is 24.6. The molecule has 1 N–H and O–H groups in total. The van der Waals surface area contributed by atoms with E-state index in [9.17, 15) is 9.59 Å². The molecular formula is C15H20BrNO4. The van der Waals surface area contributed by atoms with Gasteiger partial charge in [-0.3, -0.25) is 9.59 Å². The standard InChI is InChI=1S/C15H20BrNO4/c1-4-5-17(9-14(18)19)15(20)11-6-12(16)8-13(7-11)21-10(2)3/h6-8,10H,4-5,9H2,1-3H3,(H,18,19). The van der Waals surface area contributed by atoms with Crippen LogP contribution in [-0.4, -0.2) is 41.1 Å². The fraction of sp³-hybridized carbons (Fsp3) is 0.467. The maximum atomic E-state index is 12.4. The molecule has 0 aliphatic rings. The number of aliphatic carboxylic acids is 1. The minimum absolute atomic E-state index is 0.00647. The van der Waals surface area contributed by atoms with Gasteiger partial charge >= 0.3 is 5.97 Å². The van der Waals surface area contributed by atoms with E-state index < -0.39 is 5.97 Å². The summed E-state index contributed by atoms with van der Waals surface area (Å²) in [6.45, 7) is 5.79. The van der Waals surface area contributed by atoms with Crippen molar-refractivity contribution in [3.63, 3.8) is 0 Å². The molecule has 0 atom stereocenters. The lowest BCUT2D eigenvalue weighted by Gasteiger charge is -2.20. The number of hydrogen-bond acceptors (Lipinski definition) is 3. The van der Waals surface area contributed by atoms with Crippen molar-refractivity contribution in [1.82, 2.24) is 4.90 Å². The first-order chi connectivity index (χ1) is 9.83. The Morgan fingerprint density at radius 3 is 2.52 bits per heavy atom. The van der Waals surface area contributed by atoms with E-state index in [0.717, 1.165) is 4.47 Å². The molecule has 0 bridgehead atoms. The Kier molecular flexibility index (Phi) is 6.68. The smallest absolute Gasteiger partial charge is 0.323 e. The lowest BCUT2D eigenvalue weighted by atomic mass is 10.1. The molecule has 1 rings (SSSR count). The lowest BCUT2D eigenvalue weighted by Crippen LogP contribution is -2.36. The zero-order valence-corrected chi connectivity index (χ0v) is 14.0. The van der Waals surface area contributed by atoms with Crippen LogP contribution in [0.4, 0.5) is 0 Å². The number of halogens is 1. The van der Waals surface area contributed by atoms with Crippen molar-refractivity contribution in [2.75, 3.05) is 13.1 Å². The van der Waals surface area contributed by atoms with Crippen LogP contribution >= 0.6 is 15.9 Å². The van der Waals surface area contributed by atoms with Crippen LogP contribution in [0, 0.1) is 0 Å². The Bertz CT molecular complexity index is 516. The number of ether oxygens (including phenoxy) is 1. The van der Waals surface area contributed by atoms with E-state index in [2.05, 4.69) is 15.9 Å². The third kappa shape index (κ3) is 5.75. The van der Waals surface area contributed by atoms with Gasteiger partial charge in [0.25, 0.3) is 5.91 Å². The first-order valence-electron chi connectivity index (χ1n) is 6.81. The van der Waals surface area contributed by atoms with Crippen molar-refractivity contribution < 1.29 is 19.4 Å². The van der Waals surface area contributed by atoms with Crippen molar-refractivity contribution >= 4 is 27.8 Å². The average molecular weight is 358 g/mol. The predicted octanol–water partition coefficient (Wildman–Crippen LogP) is 3.17. The minimum Gasteiger partial charge on any atom is -0.491 e. The Hall–Kier alpha value is -1.56. The topological polar surface area (TPSA) is 66.8 Å². The molecule has 5 nitrogen and oxygen atoms in total. The molecule has 0 saturated heterocycles. The quantitative estimate of drug-likeness (QED) is 0.813. The molecule has 1 amide bonds. The number of carboxylic acid groups (broad SMARTS) is 1. The maximum absolute atomic E-state index is 12.4. The van der Waals surface area contributed by atoms with Gasteiger partial charge in [-0.25, -0.2) is 0 Å². The first kappa shape index (κ1) is 17.5. The highest BCUT2D eigenvalue weighted by atomic mass is 79.9. The largest absolute Gasteiger partial charge is 0.491 e. The SMILES string of the molecule is CCCN(CC(=O)O)C(=O)c1cc(Br)cc(OC(C)C)c1. The van der Waals surface area contributed by atoms with Crippen LogP contribution in [0.15, 0.2) is 22.7 Å². The summed E-state index contributed by atoms with van der Waals surface area (Å²) < 4.78 is 6.31. The molecule has 0 radical (unpaired) electrons. The average Bonchev–Trinajstić information content (AvgIpc) is 2.35. The van der Waals surface area contributed by atoms with Crippen LogP contribution < -0.4 is 4.74 Å². The van der Waals surface area contributed by atoms with Gasteiger partial charge in [-0.05, 0) is 38.5 Å². The van der Waals surface area contributed by atoms with Gasteiger partial charge in [-0.2, -0.15) is 0 Å². The van der Waals surface area contributed by atoms with Crippen LogP contribution in [0.2, 0.25) is 0 Å². The molecule has 0 aromatic heterocycles. The van der Waals surface area contributed by atoms with E-state index >= 15 is 0 Å². The predicted molar refractivity (Wildman–Crippen MR) is 83.7 cm³/mol. The number of amides is 1. The Labute approximate surface area is 133 Å². The molecule has 0 unspecified atom stereocenters. The summed E-state index contributed by atoms with van der Waals surface area (Å²) in [7, 11) is 0. The van der Waals surface area contributed by atoms with Crippen LogP contribution in [-0.2, 0) is 4.79 Å². The van der Waals surface area contributed by atoms with Gasteiger partial charge in [0.1, 0.15) is 12.3 Å². The number of carboxylic acids is 1. The van der Waals surface area contributed by atoms with Gasteiger partial charge in [0.15, 0.2) is 0 Å². The zero-order valence-electron chi connectivity index (χ0n) is 12.4. The second-order valence-corrected chi connectivity index (χ2v) is 5.88. The first-order valence-corrected chi connectivity index (χ1v) is 7.61. The highest BCUT2D eigenvalue weighted by Gasteiger charge is 2.19. The molecule has 0 aliphatic heterocycles. The van der Waals surface area contributed by atoms with Crippen LogP contribution in [0.3, 0.4) is 0 Å². The Morgan fingerprint density at radius 2 is 2.00 bits per heavy atom. The number of nitrogens with zero attached hydrogens (tertiary/aromatic N) is 1. The van der Waals surface area contributed by atoms with Gasteiger partial charge in [0.05, 0.1) is 6.10 Å². The molecule has 0 fully saturated rings. The third-order valence-corrected chi connectivity index (χ3v) is 3.05. The fourth-order valence-corrected chi connectivity index (χ4v) is 2.37. The Balaban J connectivity index is 3.03. The van der Waals surface area contributed by atoms with Crippen LogP contribution in [0.25, 0.3) is 0 Å². The Morgan fingerprint density at radius 1 is 1.33 bits per heavy atom. The summed E-state index contributed by atoms with van der Waals surface area (Å²) in [6, 6.07) is 5.08. The molecule has 1 aromatic rings. The molecule has 1 aromatic carbocycles. The van der Waals surface area contributed by atoms with Gasteiger partial charge < -0.3 is 14.7 Å². The summed E-state index contributed by atoms with van der Waals surface area (Å²) >= 11 is 3.34. The fourth-order valence-electron chi connectivity index (χ4n) is 1.89. The van der Waals surface area contributed by atoms with Gasteiger partial charge in [0.2, 0.25) is 0 Å². The second kappa shape index (κ2) is 8.02. The second-order valence-electron chi connectivity index (χ2n) is 4.96. The van der Waals surface area contributed by atoms with Gasteiger partial charge in [-0.15, -0.1) is 0 Å². The van der Waals surface area contributed by atoms with Crippen molar-refractivity contribution in [1.29, 1.82) is 0 Å². The summed E-state index contributed by atoms with van der Waals surface area (Å²) in [5.74, 6) is -0.755. The van der Waals surface area contributed by atoms with E-state index in [-0.39, 0.29) is 18.6 Å². The summed E-state index contributed by atoms with van der Waals surface area (Å²) in [5.41, 5.74) is 0.412. The van der Waals surface area contributed by atoms with Crippen LogP contribution in [0.5, 0.6) is 5.75 Å². The zero-order chi connectivity index (χ0) is 16.0. The molecular weight excluding hydrogens is 338 g/mol. The monoisotopic (exact) mass is 357 g/mol.